The van der Waals surface area contributed by atoms with E-state index in [2.05, 4.69) is 38.1 Å². The summed E-state index contributed by atoms with van der Waals surface area (Å²) < 4.78 is 4.32. The molecule has 2 aromatic heterocycles. The van der Waals surface area contributed by atoms with Crippen molar-refractivity contribution in [2.24, 2.45) is 7.05 Å². The standard InChI is InChI=1S/C18H14IN5O2S/c1-23-16(26)13-7-2-3-8-14(13)24-17(23)21-22-18(24)27-10-15(25)20-12-6-4-5-11(19)9-12/h2-9H,10H2,1H3,(H,20,25). The second-order valence-corrected chi connectivity index (χ2v) is 8.03. The first-order valence-electron chi connectivity index (χ1n) is 8.05. The van der Waals surface area contributed by atoms with Crippen LogP contribution in [0, 0.1) is 3.57 Å². The van der Waals surface area contributed by atoms with Crippen LogP contribution in [0.15, 0.2) is 58.5 Å². The van der Waals surface area contributed by atoms with E-state index < -0.39 is 0 Å². The number of halogens is 1. The Morgan fingerprint density at radius 3 is 2.81 bits per heavy atom. The zero-order chi connectivity index (χ0) is 19.0. The Labute approximate surface area is 171 Å². The number of para-hydroxylation sites is 1. The van der Waals surface area contributed by atoms with Crippen LogP contribution in [-0.2, 0) is 11.8 Å². The van der Waals surface area contributed by atoms with Gasteiger partial charge < -0.3 is 5.32 Å². The van der Waals surface area contributed by atoms with Crippen LogP contribution in [0.1, 0.15) is 0 Å². The lowest BCUT2D eigenvalue weighted by Crippen LogP contribution is -2.20. The van der Waals surface area contributed by atoms with Crippen molar-refractivity contribution in [3.63, 3.8) is 0 Å². The van der Waals surface area contributed by atoms with Crippen LogP contribution in [0.4, 0.5) is 5.69 Å². The van der Waals surface area contributed by atoms with Gasteiger partial charge in [-0.05, 0) is 52.9 Å². The Hall–Kier alpha value is -2.40. The quantitative estimate of drug-likeness (QED) is 0.351. The second kappa shape index (κ2) is 7.31. The van der Waals surface area contributed by atoms with Crippen molar-refractivity contribution in [2.75, 3.05) is 11.1 Å². The Balaban J connectivity index is 1.63. The number of rotatable bonds is 4. The van der Waals surface area contributed by atoms with E-state index in [1.165, 1.54) is 16.3 Å². The van der Waals surface area contributed by atoms with Crippen molar-refractivity contribution in [2.45, 2.75) is 5.16 Å². The minimum atomic E-state index is -0.132. The third-order valence-corrected chi connectivity index (χ3v) is 5.64. The minimum absolute atomic E-state index is 0.126. The van der Waals surface area contributed by atoms with E-state index in [4.69, 9.17) is 0 Å². The summed E-state index contributed by atoms with van der Waals surface area (Å²) in [7, 11) is 1.66. The number of fused-ring (bicyclic) bond motifs is 3. The number of aromatic nitrogens is 4. The van der Waals surface area contributed by atoms with Gasteiger partial charge in [0, 0.05) is 16.3 Å². The van der Waals surface area contributed by atoms with E-state index in [1.54, 1.807) is 17.5 Å². The van der Waals surface area contributed by atoms with Gasteiger partial charge in [-0.25, -0.2) is 0 Å². The highest BCUT2D eigenvalue weighted by Crippen LogP contribution is 2.21. The van der Waals surface area contributed by atoms with Gasteiger partial charge in [0.2, 0.25) is 11.7 Å². The number of thioether (sulfide) groups is 1. The number of nitrogens with one attached hydrogen (secondary N) is 1. The SMILES string of the molecule is Cn1c(=O)c2ccccc2n2c(SCC(=O)Nc3cccc(I)c3)nnc12. The molecule has 0 saturated heterocycles. The molecule has 136 valence electrons. The first-order valence-corrected chi connectivity index (χ1v) is 10.1. The molecule has 7 nitrogen and oxygen atoms in total. The van der Waals surface area contributed by atoms with E-state index in [0.717, 1.165) is 14.8 Å². The Bertz CT molecular complexity index is 1230. The molecule has 4 aromatic rings. The van der Waals surface area contributed by atoms with Crippen LogP contribution < -0.4 is 10.9 Å². The number of benzene rings is 2. The van der Waals surface area contributed by atoms with Crippen molar-refractivity contribution in [1.29, 1.82) is 0 Å². The zero-order valence-corrected chi connectivity index (χ0v) is 17.2. The summed E-state index contributed by atoms with van der Waals surface area (Å²) in [5.41, 5.74) is 1.35. The Morgan fingerprint density at radius 2 is 2.00 bits per heavy atom. The fourth-order valence-electron chi connectivity index (χ4n) is 2.80. The average Bonchev–Trinajstić information content (AvgIpc) is 3.09. The molecular weight excluding hydrogens is 477 g/mol. The van der Waals surface area contributed by atoms with E-state index >= 15 is 0 Å². The molecule has 0 unspecified atom stereocenters. The number of carbonyl (C=O) groups excluding carboxylic acids is 1. The fraction of sp³-hybridized carbons (Fsp3) is 0.111. The molecule has 0 fully saturated rings. The lowest BCUT2D eigenvalue weighted by molar-refractivity contribution is -0.113. The molecule has 0 atom stereocenters. The summed E-state index contributed by atoms with van der Waals surface area (Å²) in [5.74, 6) is 0.496. The number of anilines is 1. The fourth-order valence-corrected chi connectivity index (χ4v) is 4.08. The molecule has 0 aliphatic carbocycles. The van der Waals surface area contributed by atoms with Gasteiger partial charge in [0.25, 0.3) is 5.56 Å². The molecule has 0 saturated carbocycles. The van der Waals surface area contributed by atoms with E-state index in [1.807, 2.05) is 42.5 Å². The van der Waals surface area contributed by atoms with Gasteiger partial charge in [0.1, 0.15) is 0 Å². The van der Waals surface area contributed by atoms with Crippen molar-refractivity contribution in [3.05, 3.63) is 62.5 Å². The highest BCUT2D eigenvalue weighted by Gasteiger charge is 2.15. The van der Waals surface area contributed by atoms with Crippen molar-refractivity contribution in [3.8, 4) is 0 Å². The molecule has 0 spiro atoms. The number of nitrogens with zero attached hydrogens (tertiary/aromatic N) is 4. The maximum Gasteiger partial charge on any atom is 0.262 e. The summed E-state index contributed by atoms with van der Waals surface area (Å²) in [6.07, 6.45) is 0. The smallest absolute Gasteiger partial charge is 0.262 e. The lowest BCUT2D eigenvalue weighted by atomic mass is 10.2. The predicted octanol–water partition coefficient (Wildman–Crippen LogP) is 2.92. The molecule has 4 rings (SSSR count). The van der Waals surface area contributed by atoms with Gasteiger partial charge in [-0.3, -0.25) is 18.6 Å². The average molecular weight is 491 g/mol. The molecule has 0 aliphatic rings. The third kappa shape index (κ3) is 3.44. The van der Waals surface area contributed by atoms with Crippen LogP contribution in [0.5, 0.6) is 0 Å². The highest BCUT2D eigenvalue weighted by atomic mass is 127. The number of hydrogen-bond donors (Lipinski definition) is 1. The molecule has 9 heteroatoms. The van der Waals surface area contributed by atoms with E-state index in [9.17, 15) is 9.59 Å². The van der Waals surface area contributed by atoms with Gasteiger partial charge in [-0.1, -0.05) is 30.0 Å². The van der Waals surface area contributed by atoms with Gasteiger partial charge in [-0.15, -0.1) is 10.2 Å². The molecule has 2 heterocycles. The van der Waals surface area contributed by atoms with Crippen molar-refractivity contribution < 1.29 is 4.79 Å². The first kappa shape index (κ1) is 18.0. The second-order valence-electron chi connectivity index (χ2n) is 5.85. The normalized spacial score (nSPS) is 11.2. The minimum Gasteiger partial charge on any atom is -0.325 e. The largest absolute Gasteiger partial charge is 0.325 e. The number of hydrogen-bond acceptors (Lipinski definition) is 5. The Morgan fingerprint density at radius 1 is 1.19 bits per heavy atom. The zero-order valence-electron chi connectivity index (χ0n) is 14.2. The molecule has 1 N–H and O–H groups in total. The van der Waals surface area contributed by atoms with Crippen LogP contribution in [-0.4, -0.2) is 30.8 Å². The molecule has 27 heavy (non-hydrogen) atoms. The summed E-state index contributed by atoms with van der Waals surface area (Å²) in [5, 5.41) is 12.3. The molecular formula is C18H14IN5O2S. The highest BCUT2D eigenvalue weighted by molar-refractivity contribution is 14.1. The number of amides is 1. The summed E-state index contributed by atoms with van der Waals surface area (Å²) in [6.45, 7) is 0. The number of aryl methyl sites for hydroxylation is 1. The molecule has 1 amide bonds. The van der Waals surface area contributed by atoms with Gasteiger partial charge in [0.05, 0.1) is 16.7 Å². The van der Waals surface area contributed by atoms with E-state index in [0.29, 0.717) is 16.3 Å². The first-order chi connectivity index (χ1) is 13.0. The lowest BCUT2D eigenvalue weighted by Gasteiger charge is -2.08. The maximum absolute atomic E-state index is 12.5. The van der Waals surface area contributed by atoms with Gasteiger partial charge in [0.15, 0.2) is 5.16 Å². The monoisotopic (exact) mass is 491 g/mol. The van der Waals surface area contributed by atoms with Crippen molar-refractivity contribution in [1.82, 2.24) is 19.2 Å². The summed E-state index contributed by atoms with van der Waals surface area (Å²) in [6, 6.07) is 14.9. The van der Waals surface area contributed by atoms with Crippen molar-refractivity contribution >= 4 is 62.6 Å². The van der Waals surface area contributed by atoms with Gasteiger partial charge >= 0.3 is 0 Å². The van der Waals surface area contributed by atoms with Gasteiger partial charge in [-0.2, -0.15) is 0 Å². The summed E-state index contributed by atoms with van der Waals surface area (Å²) in [4.78, 5) is 24.8. The summed E-state index contributed by atoms with van der Waals surface area (Å²) >= 11 is 3.48. The third-order valence-electron chi connectivity index (χ3n) is 4.04. The van der Waals surface area contributed by atoms with E-state index in [-0.39, 0.29) is 17.2 Å². The van der Waals surface area contributed by atoms with Crippen LogP contribution in [0.2, 0.25) is 0 Å². The van der Waals surface area contributed by atoms with Crippen LogP contribution in [0.3, 0.4) is 0 Å². The van der Waals surface area contributed by atoms with Crippen LogP contribution in [0.25, 0.3) is 16.7 Å². The molecule has 0 bridgehead atoms. The molecule has 2 aromatic carbocycles. The molecule has 0 radical (unpaired) electrons. The Kier molecular flexibility index (Phi) is 4.87. The molecule has 0 aliphatic heterocycles. The maximum atomic E-state index is 12.5. The van der Waals surface area contributed by atoms with Crippen LogP contribution >= 0.6 is 34.4 Å². The predicted molar refractivity (Wildman–Crippen MR) is 114 cm³/mol. The number of carbonyl (C=O) groups is 1. The topological polar surface area (TPSA) is 81.3 Å².